The molecule has 20 heavy (non-hydrogen) atoms. The van der Waals surface area contributed by atoms with Gasteiger partial charge in [-0.05, 0) is 13.3 Å². The number of morpholine rings is 1. The number of hydrogen-bond donors (Lipinski definition) is 2. The highest BCUT2D eigenvalue weighted by atomic mass is 35.5. The van der Waals surface area contributed by atoms with Gasteiger partial charge < -0.3 is 24.8 Å². The molecule has 0 aromatic heterocycles. The van der Waals surface area contributed by atoms with Gasteiger partial charge in [-0.3, -0.25) is 4.79 Å². The van der Waals surface area contributed by atoms with Gasteiger partial charge in [-0.1, -0.05) is 0 Å². The zero-order valence-corrected chi connectivity index (χ0v) is 12.7. The zero-order chi connectivity index (χ0) is 13.5. The van der Waals surface area contributed by atoms with Crippen LogP contribution in [-0.2, 0) is 19.0 Å². The van der Waals surface area contributed by atoms with Crippen molar-refractivity contribution < 1.29 is 19.0 Å². The van der Waals surface area contributed by atoms with Crippen molar-refractivity contribution in [2.45, 2.75) is 38.0 Å². The van der Waals surface area contributed by atoms with Gasteiger partial charge in [0.15, 0.2) is 0 Å². The number of hydrogen-bond acceptors (Lipinski definition) is 5. The Labute approximate surface area is 126 Å². The Morgan fingerprint density at radius 2 is 2.20 bits per heavy atom. The molecule has 0 bridgehead atoms. The van der Waals surface area contributed by atoms with E-state index in [0.29, 0.717) is 26.2 Å². The molecule has 6 nitrogen and oxygen atoms in total. The summed E-state index contributed by atoms with van der Waals surface area (Å²) in [6.07, 6.45) is 1.59. The van der Waals surface area contributed by atoms with Crippen LogP contribution in [0.25, 0.3) is 0 Å². The van der Waals surface area contributed by atoms with Crippen LogP contribution in [0.2, 0.25) is 0 Å². The van der Waals surface area contributed by atoms with Crippen LogP contribution in [0.4, 0.5) is 0 Å². The Bertz CT molecular complexity index is 282. The standard InChI is InChI=1S/C13H24N2O4.ClH/c1-10(7-19-12-2-4-17-9-12)15-13(16)6-11-8-18-5-3-14-11;/h10-12,14H,2-9H2,1H3,(H,15,16);1H. The maximum Gasteiger partial charge on any atom is 0.221 e. The Hall–Kier alpha value is -0.400. The van der Waals surface area contributed by atoms with Gasteiger partial charge in [0, 0.05) is 31.7 Å². The zero-order valence-electron chi connectivity index (χ0n) is 11.9. The highest BCUT2D eigenvalue weighted by molar-refractivity contribution is 5.85. The molecule has 2 fully saturated rings. The van der Waals surface area contributed by atoms with Crippen molar-refractivity contribution in [1.29, 1.82) is 0 Å². The molecule has 3 atom stereocenters. The van der Waals surface area contributed by atoms with Crippen molar-refractivity contribution in [2.24, 2.45) is 0 Å². The normalized spacial score (nSPS) is 27.6. The van der Waals surface area contributed by atoms with Gasteiger partial charge in [0.05, 0.1) is 32.5 Å². The Morgan fingerprint density at radius 3 is 2.85 bits per heavy atom. The summed E-state index contributed by atoms with van der Waals surface area (Å²) in [5.41, 5.74) is 0. The first-order chi connectivity index (χ1) is 9.24. The Kier molecular flexibility index (Phi) is 8.40. The number of rotatable bonds is 6. The second kappa shape index (κ2) is 9.52. The molecule has 0 spiro atoms. The molecular weight excluding hydrogens is 284 g/mol. The van der Waals surface area contributed by atoms with Crippen LogP contribution < -0.4 is 10.6 Å². The second-order valence-corrected chi connectivity index (χ2v) is 5.22. The molecular formula is C13H25ClN2O4. The van der Waals surface area contributed by atoms with Crippen molar-refractivity contribution in [3.63, 3.8) is 0 Å². The van der Waals surface area contributed by atoms with Gasteiger partial charge >= 0.3 is 0 Å². The number of ether oxygens (including phenoxy) is 3. The SMILES string of the molecule is CC(COC1CCOC1)NC(=O)CC1COCCN1.Cl. The van der Waals surface area contributed by atoms with Gasteiger partial charge in [0.2, 0.25) is 5.91 Å². The molecule has 0 aromatic carbocycles. The average Bonchev–Trinajstić information content (AvgIpc) is 2.90. The first-order valence-corrected chi connectivity index (χ1v) is 7.04. The Balaban J connectivity index is 0.00000200. The fourth-order valence-electron chi connectivity index (χ4n) is 2.27. The fourth-order valence-corrected chi connectivity index (χ4v) is 2.27. The molecule has 0 radical (unpaired) electrons. The Morgan fingerprint density at radius 1 is 1.40 bits per heavy atom. The maximum absolute atomic E-state index is 11.8. The van der Waals surface area contributed by atoms with Crippen LogP contribution in [-0.4, -0.2) is 63.7 Å². The molecule has 0 aromatic rings. The molecule has 3 unspecified atom stereocenters. The monoisotopic (exact) mass is 308 g/mol. The third kappa shape index (κ3) is 6.37. The number of halogens is 1. The molecule has 0 saturated carbocycles. The highest BCUT2D eigenvalue weighted by Crippen LogP contribution is 2.08. The topological polar surface area (TPSA) is 68.8 Å². The molecule has 2 saturated heterocycles. The molecule has 7 heteroatoms. The number of carbonyl (C=O) groups is 1. The molecule has 0 aliphatic carbocycles. The number of nitrogens with one attached hydrogen (secondary N) is 2. The third-order valence-corrected chi connectivity index (χ3v) is 3.31. The van der Waals surface area contributed by atoms with Crippen LogP contribution in [0.3, 0.4) is 0 Å². The first-order valence-electron chi connectivity index (χ1n) is 7.04. The van der Waals surface area contributed by atoms with Crippen LogP contribution in [0, 0.1) is 0 Å². The summed E-state index contributed by atoms with van der Waals surface area (Å²) in [5.74, 6) is 0.0433. The van der Waals surface area contributed by atoms with E-state index in [1.807, 2.05) is 6.92 Å². The smallest absolute Gasteiger partial charge is 0.221 e. The van der Waals surface area contributed by atoms with E-state index in [4.69, 9.17) is 14.2 Å². The lowest BCUT2D eigenvalue weighted by atomic mass is 10.2. The fraction of sp³-hybridized carbons (Fsp3) is 0.923. The summed E-state index contributed by atoms with van der Waals surface area (Å²) in [6, 6.07) is 0.155. The lowest BCUT2D eigenvalue weighted by molar-refractivity contribution is -0.123. The lowest BCUT2D eigenvalue weighted by Gasteiger charge is -2.24. The predicted molar refractivity (Wildman–Crippen MR) is 77.3 cm³/mol. The van der Waals surface area contributed by atoms with E-state index >= 15 is 0 Å². The van der Waals surface area contributed by atoms with Gasteiger partial charge in [-0.25, -0.2) is 0 Å². The maximum atomic E-state index is 11.8. The van der Waals surface area contributed by atoms with Crippen LogP contribution >= 0.6 is 12.4 Å². The van der Waals surface area contributed by atoms with Crippen molar-refractivity contribution in [1.82, 2.24) is 10.6 Å². The molecule has 2 N–H and O–H groups in total. The molecule has 2 rings (SSSR count). The van der Waals surface area contributed by atoms with Crippen molar-refractivity contribution in [3.8, 4) is 0 Å². The molecule has 2 heterocycles. The summed E-state index contributed by atoms with van der Waals surface area (Å²) in [5, 5.41) is 6.22. The number of amides is 1. The summed E-state index contributed by atoms with van der Waals surface area (Å²) in [6.45, 7) is 6.09. The minimum atomic E-state index is 0. The average molecular weight is 309 g/mol. The van der Waals surface area contributed by atoms with E-state index in [0.717, 1.165) is 26.2 Å². The van der Waals surface area contributed by atoms with E-state index in [-0.39, 0.29) is 36.5 Å². The molecule has 1 amide bonds. The van der Waals surface area contributed by atoms with Gasteiger partial charge in [0.25, 0.3) is 0 Å². The van der Waals surface area contributed by atoms with Crippen LogP contribution in [0.5, 0.6) is 0 Å². The summed E-state index contributed by atoms with van der Waals surface area (Å²) in [7, 11) is 0. The third-order valence-electron chi connectivity index (χ3n) is 3.31. The molecule has 2 aliphatic rings. The number of carbonyl (C=O) groups excluding carboxylic acids is 1. The largest absolute Gasteiger partial charge is 0.379 e. The van der Waals surface area contributed by atoms with E-state index < -0.39 is 0 Å². The predicted octanol–water partition coefficient (Wildman–Crippen LogP) is 0.0969. The molecule has 2 aliphatic heterocycles. The summed E-state index contributed by atoms with van der Waals surface area (Å²) >= 11 is 0. The second-order valence-electron chi connectivity index (χ2n) is 5.22. The van der Waals surface area contributed by atoms with Crippen molar-refractivity contribution in [3.05, 3.63) is 0 Å². The van der Waals surface area contributed by atoms with E-state index in [1.54, 1.807) is 0 Å². The van der Waals surface area contributed by atoms with E-state index in [2.05, 4.69) is 10.6 Å². The summed E-state index contributed by atoms with van der Waals surface area (Å²) in [4.78, 5) is 11.8. The van der Waals surface area contributed by atoms with Gasteiger partial charge in [0.1, 0.15) is 0 Å². The lowest BCUT2D eigenvalue weighted by Crippen LogP contribution is -2.46. The van der Waals surface area contributed by atoms with Crippen molar-refractivity contribution in [2.75, 3.05) is 39.6 Å². The minimum absolute atomic E-state index is 0. The summed E-state index contributed by atoms with van der Waals surface area (Å²) < 4.78 is 16.2. The minimum Gasteiger partial charge on any atom is -0.379 e. The van der Waals surface area contributed by atoms with Crippen molar-refractivity contribution >= 4 is 18.3 Å². The van der Waals surface area contributed by atoms with Gasteiger partial charge in [-0.15, -0.1) is 12.4 Å². The highest BCUT2D eigenvalue weighted by Gasteiger charge is 2.20. The van der Waals surface area contributed by atoms with Gasteiger partial charge in [-0.2, -0.15) is 0 Å². The van der Waals surface area contributed by atoms with Crippen LogP contribution in [0.1, 0.15) is 19.8 Å². The van der Waals surface area contributed by atoms with E-state index in [9.17, 15) is 4.79 Å². The molecule has 118 valence electrons. The quantitative estimate of drug-likeness (QED) is 0.728. The van der Waals surface area contributed by atoms with Crippen LogP contribution in [0.15, 0.2) is 0 Å². The first kappa shape index (κ1) is 17.7. The van der Waals surface area contributed by atoms with E-state index in [1.165, 1.54) is 0 Å².